The summed E-state index contributed by atoms with van der Waals surface area (Å²) in [6, 6.07) is 1.71. The van der Waals surface area contributed by atoms with Crippen LogP contribution < -0.4 is 5.32 Å². The Kier molecular flexibility index (Phi) is 5.21. The number of hydrogen-bond donors (Lipinski definition) is 1. The van der Waals surface area contributed by atoms with Crippen LogP contribution in [0, 0.1) is 17.0 Å². The molecule has 1 rings (SSSR count). The molecule has 0 aliphatic carbocycles. The first-order valence-corrected chi connectivity index (χ1v) is 6.71. The molecule has 1 aromatic heterocycles. The van der Waals surface area contributed by atoms with Crippen LogP contribution in [-0.2, 0) is 0 Å². The van der Waals surface area contributed by atoms with Gasteiger partial charge in [-0.25, -0.2) is 4.98 Å². The van der Waals surface area contributed by atoms with Gasteiger partial charge in [0, 0.05) is 17.4 Å². The predicted molar refractivity (Wildman–Crippen MR) is 71.7 cm³/mol. The van der Waals surface area contributed by atoms with E-state index in [-0.39, 0.29) is 5.69 Å². The molecule has 1 unspecified atom stereocenters. The first-order valence-electron chi connectivity index (χ1n) is 5.42. The topological polar surface area (TPSA) is 68.1 Å². The highest BCUT2D eigenvalue weighted by Crippen LogP contribution is 2.19. The monoisotopic (exact) mass is 255 g/mol. The lowest BCUT2D eigenvalue weighted by Crippen LogP contribution is -2.09. The zero-order chi connectivity index (χ0) is 12.8. The van der Waals surface area contributed by atoms with E-state index in [1.807, 2.05) is 11.8 Å². The van der Waals surface area contributed by atoms with E-state index in [2.05, 4.69) is 23.5 Å². The van der Waals surface area contributed by atoms with Gasteiger partial charge in [-0.15, -0.1) is 0 Å². The number of aromatic nitrogens is 1. The molecule has 1 N–H and O–H groups in total. The Labute approximate surface area is 105 Å². The average Bonchev–Trinajstić information content (AvgIpc) is 2.28. The Morgan fingerprint density at radius 2 is 2.35 bits per heavy atom. The molecular formula is C11H17N3O2S. The third-order valence-corrected chi connectivity index (χ3v) is 3.58. The number of hydrogen-bond acceptors (Lipinski definition) is 5. The molecule has 0 aliphatic heterocycles. The van der Waals surface area contributed by atoms with Crippen molar-refractivity contribution in [3.05, 3.63) is 27.9 Å². The van der Waals surface area contributed by atoms with Crippen LogP contribution in [-0.4, -0.2) is 28.0 Å². The van der Waals surface area contributed by atoms with Gasteiger partial charge in [0.25, 0.3) is 5.69 Å². The number of aryl methyl sites for hydroxylation is 1. The quantitative estimate of drug-likeness (QED) is 0.625. The lowest BCUT2D eigenvalue weighted by atomic mass is 10.2. The zero-order valence-electron chi connectivity index (χ0n) is 10.3. The zero-order valence-corrected chi connectivity index (χ0v) is 11.1. The van der Waals surface area contributed by atoms with Gasteiger partial charge in [0.2, 0.25) is 0 Å². The molecule has 1 heterocycles. The molecule has 17 heavy (non-hydrogen) atoms. The van der Waals surface area contributed by atoms with E-state index in [9.17, 15) is 10.1 Å². The highest BCUT2D eigenvalue weighted by Gasteiger charge is 2.11. The van der Waals surface area contributed by atoms with Gasteiger partial charge in [0.05, 0.1) is 4.92 Å². The summed E-state index contributed by atoms with van der Waals surface area (Å²) in [4.78, 5) is 14.2. The fourth-order valence-corrected chi connectivity index (χ4v) is 1.71. The van der Waals surface area contributed by atoms with Crippen molar-refractivity contribution in [1.29, 1.82) is 0 Å². The third kappa shape index (κ3) is 4.22. The van der Waals surface area contributed by atoms with Crippen molar-refractivity contribution in [3.8, 4) is 0 Å². The molecular weight excluding hydrogens is 238 g/mol. The molecule has 1 atom stereocenters. The SMILES string of the molecule is CSC(C)CCNc1cc(C)c([N+](=O)[O-])cn1. The van der Waals surface area contributed by atoms with E-state index >= 15 is 0 Å². The molecule has 0 radical (unpaired) electrons. The summed E-state index contributed by atoms with van der Waals surface area (Å²) in [6.07, 6.45) is 4.42. The van der Waals surface area contributed by atoms with Crippen molar-refractivity contribution in [1.82, 2.24) is 4.98 Å². The summed E-state index contributed by atoms with van der Waals surface area (Å²) in [5.41, 5.74) is 0.693. The molecule has 0 saturated carbocycles. The van der Waals surface area contributed by atoms with Crippen LogP contribution in [0.3, 0.4) is 0 Å². The van der Waals surface area contributed by atoms with Gasteiger partial charge in [-0.1, -0.05) is 6.92 Å². The number of anilines is 1. The van der Waals surface area contributed by atoms with Crippen LogP contribution in [0.5, 0.6) is 0 Å². The predicted octanol–water partition coefficient (Wildman–Crippen LogP) is 2.85. The second-order valence-electron chi connectivity index (χ2n) is 3.87. The first kappa shape index (κ1) is 13.8. The van der Waals surface area contributed by atoms with Crippen LogP contribution in [0.1, 0.15) is 18.9 Å². The van der Waals surface area contributed by atoms with Crippen LogP contribution in [0.4, 0.5) is 11.5 Å². The second-order valence-corrected chi connectivity index (χ2v) is 5.15. The molecule has 1 aromatic rings. The van der Waals surface area contributed by atoms with E-state index in [0.29, 0.717) is 16.6 Å². The number of nitro groups is 1. The summed E-state index contributed by atoms with van der Waals surface area (Å²) in [5.74, 6) is 0.696. The normalized spacial score (nSPS) is 12.2. The maximum atomic E-state index is 10.6. The molecule has 0 aliphatic rings. The van der Waals surface area contributed by atoms with E-state index in [0.717, 1.165) is 13.0 Å². The van der Waals surface area contributed by atoms with Gasteiger partial charge in [-0.05, 0) is 25.7 Å². The van der Waals surface area contributed by atoms with Gasteiger partial charge in [-0.2, -0.15) is 11.8 Å². The summed E-state index contributed by atoms with van der Waals surface area (Å²) >= 11 is 1.82. The van der Waals surface area contributed by atoms with E-state index < -0.39 is 4.92 Å². The molecule has 0 spiro atoms. The highest BCUT2D eigenvalue weighted by atomic mass is 32.2. The number of nitrogens with zero attached hydrogens (tertiary/aromatic N) is 2. The van der Waals surface area contributed by atoms with Crippen LogP contribution in [0.15, 0.2) is 12.3 Å². The third-order valence-electron chi connectivity index (χ3n) is 2.54. The van der Waals surface area contributed by atoms with Crippen molar-refractivity contribution in [3.63, 3.8) is 0 Å². The number of pyridine rings is 1. The summed E-state index contributed by atoms with van der Waals surface area (Å²) < 4.78 is 0. The molecule has 0 aromatic carbocycles. The average molecular weight is 255 g/mol. The molecule has 94 valence electrons. The molecule has 0 saturated heterocycles. The molecule has 0 fully saturated rings. The highest BCUT2D eigenvalue weighted by molar-refractivity contribution is 7.99. The molecule has 0 bridgehead atoms. The Morgan fingerprint density at radius 3 is 2.88 bits per heavy atom. The number of nitrogens with one attached hydrogen (secondary N) is 1. The summed E-state index contributed by atoms with van der Waals surface area (Å²) in [7, 11) is 0. The molecule has 5 nitrogen and oxygen atoms in total. The standard InChI is InChI=1S/C11H17N3O2S/c1-8-6-11(12-5-4-9(2)17-3)13-7-10(8)14(15)16/h6-7,9H,4-5H2,1-3H3,(H,12,13). The van der Waals surface area contributed by atoms with Gasteiger partial charge < -0.3 is 5.32 Å². The fourth-order valence-electron chi connectivity index (χ4n) is 1.36. The number of rotatable bonds is 6. The van der Waals surface area contributed by atoms with Gasteiger partial charge in [0.1, 0.15) is 12.0 Å². The summed E-state index contributed by atoms with van der Waals surface area (Å²) in [6.45, 7) is 4.71. The van der Waals surface area contributed by atoms with Crippen LogP contribution in [0.25, 0.3) is 0 Å². The van der Waals surface area contributed by atoms with E-state index in [4.69, 9.17) is 0 Å². The minimum absolute atomic E-state index is 0.0630. The maximum Gasteiger partial charge on any atom is 0.290 e. The minimum Gasteiger partial charge on any atom is -0.370 e. The Morgan fingerprint density at radius 1 is 1.65 bits per heavy atom. The van der Waals surface area contributed by atoms with Crippen molar-refractivity contribution in [2.75, 3.05) is 18.1 Å². The Bertz CT molecular complexity index is 398. The molecule has 0 amide bonds. The Hall–Kier alpha value is -1.30. The summed E-state index contributed by atoms with van der Waals surface area (Å²) in [5, 5.41) is 14.4. The van der Waals surface area contributed by atoms with Crippen molar-refractivity contribution in [2.24, 2.45) is 0 Å². The van der Waals surface area contributed by atoms with Crippen molar-refractivity contribution >= 4 is 23.3 Å². The maximum absolute atomic E-state index is 10.6. The largest absolute Gasteiger partial charge is 0.370 e. The fraction of sp³-hybridized carbons (Fsp3) is 0.545. The molecule has 6 heteroatoms. The van der Waals surface area contributed by atoms with E-state index in [1.165, 1.54) is 6.20 Å². The Balaban J connectivity index is 2.56. The second kappa shape index (κ2) is 6.44. The lowest BCUT2D eigenvalue weighted by Gasteiger charge is -2.09. The first-order chi connectivity index (χ1) is 8.04. The van der Waals surface area contributed by atoms with Crippen molar-refractivity contribution in [2.45, 2.75) is 25.5 Å². The van der Waals surface area contributed by atoms with Crippen LogP contribution >= 0.6 is 11.8 Å². The van der Waals surface area contributed by atoms with E-state index in [1.54, 1.807) is 13.0 Å². The van der Waals surface area contributed by atoms with Gasteiger partial charge >= 0.3 is 0 Å². The van der Waals surface area contributed by atoms with Crippen LogP contribution in [0.2, 0.25) is 0 Å². The van der Waals surface area contributed by atoms with Gasteiger partial charge in [-0.3, -0.25) is 10.1 Å². The smallest absolute Gasteiger partial charge is 0.290 e. The minimum atomic E-state index is -0.415. The lowest BCUT2D eigenvalue weighted by molar-refractivity contribution is -0.385. The van der Waals surface area contributed by atoms with Gasteiger partial charge in [0.15, 0.2) is 0 Å². The number of thioether (sulfide) groups is 1. The van der Waals surface area contributed by atoms with Crippen molar-refractivity contribution < 1.29 is 4.92 Å².